The molecule has 0 atom stereocenters. The molecule has 2 aromatic heterocycles. The third-order valence-corrected chi connectivity index (χ3v) is 8.68. The molecule has 0 nitrogen and oxygen atoms in total. The van der Waals surface area contributed by atoms with E-state index in [-0.39, 0.29) is 0 Å². The van der Waals surface area contributed by atoms with Crippen molar-refractivity contribution in [1.82, 2.24) is 0 Å². The van der Waals surface area contributed by atoms with Crippen LogP contribution in [-0.2, 0) is 0 Å². The lowest BCUT2D eigenvalue weighted by molar-refractivity contribution is 0.114. The van der Waals surface area contributed by atoms with E-state index in [2.05, 4.69) is 19.2 Å². The van der Waals surface area contributed by atoms with Crippen LogP contribution in [0.3, 0.4) is 0 Å². The molecule has 0 aliphatic heterocycles. The maximum Gasteiger partial charge on any atom is 0.0490 e. The van der Waals surface area contributed by atoms with Crippen LogP contribution in [0.5, 0.6) is 0 Å². The SMILES string of the molecule is Cc1sc2c(C)csc2c1C1CCC2(CCCCC2)CC1. The first kappa shape index (κ1) is 14.3. The molecule has 0 saturated heterocycles. The van der Waals surface area contributed by atoms with Gasteiger partial charge in [-0.15, -0.1) is 22.7 Å². The standard InChI is InChI=1S/C19H26S2/c1-13-12-20-18-16(14(2)21-17(13)18)15-6-10-19(11-7-15)8-4-3-5-9-19/h12,15H,3-11H2,1-2H3. The molecular weight excluding hydrogens is 292 g/mol. The quantitative estimate of drug-likeness (QED) is 0.522. The fourth-order valence-electron chi connectivity index (χ4n) is 4.91. The zero-order valence-electron chi connectivity index (χ0n) is 13.3. The van der Waals surface area contributed by atoms with Crippen molar-refractivity contribution in [3.63, 3.8) is 0 Å². The largest absolute Gasteiger partial charge is 0.142 e. The zero-order chi connectivity index (χ0) is 14.4. The molecule has 0 amide bonds. The van der Waals surface area contributed by atoms with Crippen molar-refractivity contribution in [2.45, 2.75) is 77.6 Å². The van der Waals surface area contributed by atoms with Crippen molar-refractivity contribution in [2.75, 3.05) is 0 Å². The van der Waals surface area contributed by atoms with Gasteiger partial charge in [0, 0.05) is 14.3 Å². The normalized spacial score (nSPS) is 23.1. The summed E-state index contributed by atoms with van der Waals surface area (Å²) in [4.78, 5) is 1.60. The number of thiophene rings is 2. The van der Waals surface area contributed by atoms with Crippen LogP contribution in [0, 0.1) is 19.3 Å². The summed E-state index contributed by atoms with van der Waals surface area (Å²) in [6.45, 7) is 4.63. The Morgan fingerprint density at radius 3 is 2.38 bits per heavy atom. The first-order valence-electron chi connectivity index (χ1n) is 8.66. The van der Waals surface area contributed by atoms with Crippen molar-refractivity contribution >= 4 is 32.1 Å². The average Bonchev–Trinajstić information content (AvgIpc) is 3.01. The lowest BCUT2D eigenvalue weighted by atomic mass is 9.62. The molecule has 114 valence electrons. The predicted molar refractivity (Wildman–Crippen MR) is 95.9 cm³/mol. The third-order valence-electron chi connectivity index (χ3n) is 6.17. The summed E-state index contributed by atoms with van der Waals surface area (Å²) in [5.41, 5.74) is 3.98. The number of hydrogen-bond acceptors (Lipinski definition) is 2. The molecule has 0 radical (unpaired) electrons. The van der Waals surface area contributed by atoms with E-state index in [1.807, 2.05) is 22.7 Å². The molecule has 2 aliphatic rings. The van der Waals surface area contributed by atoms with Crippen LogP contribution in [0.2, 0.25) is 0 Å². The minimum absolute atomic E-state index is 0.753. The minimum atomic E-state index is 0.753. The molecule has 2 aliphatic carbocycles. The van der Waals surface area contributed by atoms with Gasteiger partial charge in [-0.3, -0.25) is 0 Å². The van der Waals surface area contributed by atoms with E-state index in [0.29, 0.717) is 0 Å². The summed E-state index contributed by atoms with van der Waals surface area (Å²) in [5, 5.41) is 2.36. The Bertz CT molecular complexity index is 630. The van der Waals surface area contributed by atoms with E-state index in [9.17, 15) is 0 Å². The molecule has 2 aromatic rings. The Balaban J connectivity index is 1.58. The first-order valence-corrected chi connectivity index (χ1v) is 10.4. The molecule has 0 N–H and O–H groups in total. The zero-order valence-corrected chi connectivity index (χ0v) is 15.0. The molecule has 1 spiro atoms. The Hall–Kier alpha value is -0.340. The van der Waals surface area contributed by atoms with E-state index in [1.165, 1.54) is 63.4 Å². The van der Waals surface area contributed by atoms with Crippen molar-refractivity contribution in [1.29, 1.82) is 0 Å². The number of fused-ring (bicyclic) bond motifs is 1. The van der Waals surface area contributed by atoms with Crippen molar-refractivity contribution in [2.24, 2.45) is 5.41 Å². The second kappa shape index (κ2) is 5.38. The fraction of sp³-hybridized carbons (Fsp3) is 0.684. The maximum absolute atomic E-state index is 2.36. The van der Waals surface area contributed by atoms with Crippen molar-refractivity contribution < 1.29 is 0 Å². The van der Waals surface area contributed by atoms with Gasteiger partial charge < -0.3 is 0 Å². The Morgan fingerprint density at radius 1 is 0.952 bits per heavy atom. The van der Waals surface area contributed by atoms with E-state index in [1.54, 1.807) is 19.8 Å². The number of rotatable bonds is 1. The lowest BCUT2D eigenvalue weighted by Gasteiger charge is -2.43. The van der Waals surface area contributed by atoms with Crippen molar-refractivity contribution in [3.05, 3.63) is 21.4 Å². The molecule has 2 fully saturated rings. The Morgan fingerprint density at radius 2 is 1.67 bits per heavy atom. The smallest absolute Gasteiger partial charge is 0.0490 e. The van der Waals surface area contributed by atoms with Crippen LogP contribution in [0.25, 0.3) is 9.40 Å². The van der Waals surface area contributed by atoms with Gasteiger partial charge >= 0.3 is 0 Å². The highest BCUT2D eigenvalue weighted by molar-refractivity contribution is 7.27. The van der Waals surface area contributed by atoms with E-state index < -0.39 is 0 Å². The van der Waals surface area contributed by atoms with E-state index in [4.69, 9.17) is 0 Å². The van der Waals surface area contributed by atoms with Crippen LogP contribution in [0.1, 0.15) is 79.7 Å². The van der Waals surface area contributed by atoms with Gasteiger partial charge in [-0.25, -0.2) is 0 Å². The maximum atomic E-state index is 2.36. The van der Waals surface area contributed by atoms with Gasteiger partial charge in [0.05, 0.1) is 0 Å². The Kier molecular flexibility index (Phi) is 3.66. The highest BCUT2D eigenvalue weighted by Gasteiger charge is 2.37. The minimum Gasteiger partial charge on any atom is -0.142 e. The highest BCUT2D eigenvalue weighted by atomic mass is 32.1. The predicted octanol–water partition coefficient (Wildman–Crippen LogP) is 7.19. The summed E-state index contributed by atoms with van der Waals surface area (Å²) in [7, 11) is 0. The van der Waals surface area contributed by atoms with Gasteiger partial charge in [0.25, 0.3) is 0 Å². The highest BCUT2D eigenvalue weighted by Crippen LogP contribution is 2.53. The fourth-order valence-corrected chi connectivity index (χ4v) is 7.55. The summed E-state index contributed by atoms with van der Waals surface area (Å²) >= 11 is 4.04. The molecule has 0 aromatic carbocycles. The summed E-state index contributed by atoms with van der Waals surface area (Å²) in [6.07, 6.45) is 13.4. The van der Waals surface area contributed by atoms with Gasteiger partial charge in [0.1, 0.15) is 0 Å². The first-order chi connectivity index (χ1) is 10.2. The van der Waals surface area contributed by atoms with E-state index >= 15 is 0 Å². The molecule has 2 saturated carbocycles. The second-order valence-corrected chi connectivity index (χ2v) is 9.59. The summed E-state index contributed by atoms with van der Waals surface area (Å²) in [6, 6.07) is 0. The van der Waals surface area contributed by atoms with Gasteiger partial charge in [-0.1, -0.05) is 19.3 Å². The summed E-state index contributed by atoms with van der Waals surface area (Å²) < 4.78 is 3.20. The molecule has 2 heteroatoms. The van der Waals surface area contributed by atoms with Crippen LogP contribution < -0.4 is 0 Å². The summed E-state index contributed by atoms with van der Waals surface area (Å²) in [5.74, 6) is 0.851. The second-order valence-electron chi connectivity index (χ2n) is 7.48. The number of aryl methyl sites for hydroxylation is 2. The monoisotopic (exact) mass is 318 g/mol. The topological polar surface area (TPSA) is 0 Å². The van der Waals surface area contributed by atoms with Gasteiger partial charge in [0.15, 0.2) is 0 Å². The molecule has 21 heavy (non-hydrogen) atoms. The van der Waals surface area contributed by atoms with Gasteiger partial charge in [-0.2, -0.15) is 0 Å². The Labute approximate surface area is 136 Å². The number of hydrogen-bond donors (Lipinski definition) is 0. The molecular formula is C19H26S2. The molecule has 2 heterocycles. The van der Waals surface area contributed by atoms with Crippen molar-refractivity contribution in [3.8, 4) is 0 Å². The van der Waals surface area contributed by atoms with Crippen LogP contribution in [0.4, 0.5) is 0 Å². The van der Waals surface area contributed by atoms with Crippen LogP contribution in [-0.4, -0.2) is 0 Å². The van der Waals surface area contributed by atoms with Gasteiger partial charge in [-0.05, 0) is 80.2 Å². The molecule has 4 rings (SSSR count). The molecule has 0 bridgehead atoms. The lowest BCUT2D eigenvalue weighted by Crippen LogP contribution is -2.29. The molecule has 0 unspecified atom stereocenters. The van der Waals surface area contributed by atoms with Gasteiger partial charge in [0.2, 0.25) is 0 Å². The van der Waals surface area contributed by atoms with E-state index in [0.717, 1.165) is 11.3 Å². The van der Waals surface area contributed by atoms with Crippen LogP contribution in [0.15, 0.2) is 5.38 Å². The van der Waals surface area contributed by atoms with Crippen LogP contribution >= 0.6 is 22.7 Å². The average molecular weight is 319 g/mol. The third kappa shape index (κ3) is 2.39.